The van der Waals surface area contributed by atoms with E-state index in [1.54, 1.807) is 65.8 Å². The second-order valence-corrected chi connectivity index (χ2v) is 12.8. The molecule has 1 aromatic heterocycles. The molecule has 4 bridgehead atoms. The third kappa shape index (κ3) is 13.3. The minimum atomic E-state index is -4.51. The number of halogens is 4. The summed E-state index contributed by atoms with van der Waals surface area (Å²) in [7, 11) is 0. The first-order valence-electron chi connectivity index (χ1n) is 16.0. The van der Waals surface area contributed by atoms with Gasteiger partial charge in [-0.15, -0.1) is 0 Å². The van der Waals surface area contributed by atoms with Gasteiger partial charge in [-0.1, -0.05) is 37.6 Å². The van der Waals surface area contributed by atoms with Gasteiger partial charge >= 0.3 is 6.18 Å². The summed E-state index contributed by atoms with van der Waals surface area (Å²) < 4.78 is 48.5. The Labute approximate surface area is 299 Å². The Kier molecular flexibility index (Phi) is 13.9. The monoisotopic (exact) mass is 728 g/mol. The fraction of sp³-hybridized carbons (Fsp3) is 0.371. The first-order valence-corrected chi connectivity index (χ1v) is 16.4. The molecule has 7 rings (SSSR count). The summed E-state index contributed by atoms with van der Waals surface area (Å²) in [6.45, 7) is 6.86. The Bertz CT molecular complexity index is 1700. The molecule has 0 unspecified atom stereocenters. The van der Waals surface area contributed by atoms with Crippen molar-refractivity contribution in [2.45, 2.75) is 39.4 Å². The topological polar surface area (TPSA) is 142 Å². The minimum absolute atomic E-state index is 0.0186. The number of nitrogens with one attached hydrogen (secondary N) is 3. The van der Waals surface area contributed by atoms with Crippen LogP contribution in [0, 0.1) is 5.41 Å². The maximum absolute atomic E-state index is 13.5. The molecule has 4 aliphatic rings. The molecule has 0 atom stereocenters. The van der Waals surface area contributed by atoms with Gasteiger partial charge in [-0.3, -0.25) is 14.6 Å². The molecular formula is C35H40ClF3N8O4. The van der Waals surface area contributed by atoms with Gasteiger partial charge in [-0.25, -0.2) is 9.98 Å². The summed E-state index contributed by atoms with van der Waals surface area (Å²) in [5, 5.41) is 8.86. The van der Waals surface area contributed by atoms with Gasteiger partial charge < -0.3 is 30.3 Å². The van der Waals surface area contributed by atoms with Crippen LogP contribution in [0.2, 0.25) is 5.02 Å². The molecule has 16 heteroatoms. The van der Waals surface area contributed by atoms with Crippen LogP contribution in [0.15, 0.2) is 82.0 Å². The van der Waals surface area contributed by atoms with Crippen molar-refractivity contribution in [3.8, 4) is 5.75 Å². The van der Waals surface area contributed by atoms with Crippen LogP contribution in [-0.4, -0.2) is 86.1 Å². The third-order valence-corrected chi connectivity index (χ3v) is 7.67. The lowest BCUT2D eigenvalue weighted by molar-refractivity contribution is -0.174. The SMILES string of the molecule is C=N/C1=N\C(NCOCC(F)(F)F)=NCc2ccc(c(Cl)c2)OCCCN(C(=O)Cc2cccnc2)CC(C)(C)CNC(=O)c2ccc(cc2)N1. The van der Waals surface area contributed by atoms with Crippen molar-refractivity contribution in [1.82, 2.24) is 20.5 Å². The number of rotatable bonds is 5. The second-order valence-electron chi connectivity index (χ2n) is 12.4. The number of aromatic nitrogens is 1. The number of anilines is 1. The van der Waals surface area contributed by atoms with E-state index in [0.717, 1.165) is 5.56 Å². The summed E-state index contributed by atoms with van der Waals surface area (Å²) >= 11 is 6.53. The standard InChI is InChI=1S/C35H40ClF3N8O4/c1-34(2)20-43-31(49)26-8-10-27(11-9-26)45-32(40-3)46-33(44-23-50-22-35(37,38)39)42-19-25-7-12-29(28(36)16-25)51-15-5-14-47(21-34)30(48)17-24-6-4-13-41-18-24/h4,6-13,16,18H,3,5,14-15,17,19-23H2,1-2H3,(H,43,49)(H2,42,44,45,46). The van der Waals surface area contributed by atoms with Crippen LogP contribution in [0.5, 0.6) is 5.75 Å². The number of alkyl halides is 3. The number of nitrogens with zero attached hydrogens (tertiary/aromatic N) is 5. The summed E-state index contributed by atoms with van der Waals surface area (Å²) in [5.41, 5.74) is 1.88. The Morgan fingerprint density at radius 1 is 1.20 bits per heavy atom. The number of carbonyl (C=O) groups is 2. The Hall–Kier alpha value is -5.02. The number of benzene rings is 2. The van der Waals surface area contributed by atoms with Gasteiger partial charge in [0.25, 0.3) is 5.91 Å². The van der Waals surface area contributed by atoms with Crippen molar-refractivity contribution in [3.63, 3.8) is 0 Å². The highest BCUT2D eigenvalue weighted by molar-refractivity contribution is 6.32. The van der Waals surface area contributed by atoms with Crippen molar-refractivity contribution in [2.75, 3.05) is 44.9 Å². The molecule has 2 amide bonds. The Morgan fingerprint density at radius 3 is 2.67 bits per heavy atom. The van der Waals surface area contributed by atoms with Gasteiger partial charge in [0.05, 0.1) is 24.6 Å². The molecule has 0 saturated heterocycles. The molecule has 0 saturated carbocycles. The first-order chi connectivity index (χ1) is 24.3. The molecule has 4 aliphatic heterocycles. The van der Waals surface area contributed by atoms with Crippen LogP contribution in [-0.2, 0) is 22.5 Å². The average Bonchev–Trinajstić information content (AvgIpc) is 3.09. The molecule has 5 heterocycles. The predicted molar refractivity (Wildman–Crippen MR) is 190 cm³/mol. The van der Waals surface area contributed by atoms with Crippen molar-refractivity contribution < 1.29 is 32.2 Å². The number of guanidine groups is 2. The van der Waals surface area contributed by atoms with E-state index in [1.165, 1.54) is 0 Å². The summed E-state index contributed by atoms with van der Waals surface area (Å²) in [4.78, 5) is 45.0. The van der Waals surface area contributed by atoms with Crippen molar-refractivity contribution in [2.24, 2.45) is 20.4 Å². The van der Waals surface area contributed by atoms with Gasteiger partial charge in [0.15, 0.2) is 0 Å². The summed E-state index contributed by atoms with van der Waals surface area (Å²) in [6, 6.07) is 15.2. The molecule has 0 spiro atoms. The van der Waals surface area contributed by atoms with E-state index in [9.17, 15) is 22.8 Å². The lowest BCUT2D eigenvalue weighted by Gasteiger charge is -2.33. The first kappa shape index (κ1) is 38.8. The molecule has 0 fully saturated rings. The molecule has 3 aromatic rings. The number of aliphatic imine (C=N–C) groups is 3. The Balaban J connectivity index is 1.59. The molecule has 0 radical (unpaired) electrons. The van der Waals surface area contributed by atoms with E-state index in [2.05, 4.69) is 47.4 Å². The smallest absolute Gasteiger partial charge is 0.411 e. The van der Waals surface area contributed by atoms with Crippen LogP contribution >= 0.6 is 11.6 Å². The fourth-order valence-corrected chi connectivity index (χ4v) is 5.15. The normalized spacial score (nSPS) is 17.1. The third-order valence-electron chi connectivity index (χ3n) is 7.38. The maximum atomic E-state index is 13.5. The van der Waals surface area contributed by atoms with Gasteiger partial charge in [-0.2, -0.15) is 18.2 Å². The molecular weight excluding hydrogens is 689 g/mol. The van der Waals surface area contributed by atoms with Crippen molar-refractivity contribution in [1.29, 1.82) is 0 Å². The molecule has 12 nitrogen and oxygen atoms in total. The van der Waals surface area contributed by atoms with Gasteiger partial charge in [-0.05, 0) is 72.1 Å². The predicted octanol–water partition coefficient (Wildman–Crippen LogP) is 5.50. The average molecular weight is 729 g/mol. The van der Waals surface area contributed by atoms with Crippen LogP contribution in [0.3, 0.4) is 0 Å². The van der Waals surface area contributed by atoms with E-state index < -0.39 is 24.9 Å². The van der Waals surface area contributed by atoms with E-state index in [0.29, 0.717) is 53.6 Å². The number of carbonyl (C=O) groups excluding carboxylic acids is 2. The summed E-state index contributed by atoms with van der Waals surface area (Å²) in [6.07, 6.45) is -0.506. The van der Waals surface area contributed by atoms with E-state index in [-0.39, 0.29) is 43.3 Å². The zero-order valence-corrected chi connectivity index (χ0v) is 29.1. The highest BCUT2D eigenvalue weighted by atomic mass is 35.5. The summed E-state index contributed by atoms with van der Waals surface area (Å²) in [5.74, 6) is -0.0525. The van der Waals surface area contributed by atoms with Crippen LogP contribution in [0.25, 0.3) is 0 Å². The molecule has 0 aliphatic carbocycles. The number of hydrogen-bond acceptors (Lipinski definition) is 10. The lowest BCUT2D eigenvalue weighted by atomic mass is 9.92. The van der Waals surface area contributed by atoms with E-state index >= 15 is 0 Å². The highest BCUT2D eigenvalue weighted by Gasteiger charge is 2.28. The van der Waals surface area contributed by atoms with Gasteiger partial charge in [0, 0.05) is 43.3 Å². The van der Waals surface area contributed by atoms with E-state index in [1.807, 2.05) is 19.9 Å². The van der Waals surface area contributed by atoms with Gasteiger partial charge in [0.2, 0.25) is 17.8 Å². The fourth-order valence-electron chi connectivity index (χ4n) is 4.89. The highest BCUT2D eigenvalue weighted by Crippen LogP contribution is 2.26. The molecule has 2 aromatic carbocycles. The van der Waals surface area contributed by atoms with Gasteiger partial charge in [0.1, 0.15) is 19.1 Å². The number of hydrogen-bond donors (Lipinski definition) is 3. The second kappa shape index (κ2) is 18.3. The van der Waals surface area contributed by atoms with Crippen LogP contribution < -0.4 is 20.7 Å². The number of ether oxygens (including phenoxy) is 2. The molecule has 3 N–H and O–H groups in total. The largest absolute Gasteiger partial charge is 0.492 e. The quantitative estimate of drug-likeness (QED) is 0.179. The zero-order chi connectivity index (χ0) is 36.9. The van der Waals surface area contributed by atoms with Crippen LogP contribution in [0.1, 0.15) is 41.8 Å². The maximum Gasteiger partial charge on any atom is 0.411 e. The molecule has 272 valence electrons. The zero-order valence-electron chi connectivity index (χ0n) is 28.3. The number of amides is 2. The molecule has 51 heavy (non-hydrogen) atoms. The number of pyridine rings is 1. The minimum Gasteiger partial charge on any atom is -0.492 e. The van der Waals surface area contributed by atoms with E-state index in [4.69, 9.17) is 16.3 Å². The van der Waals surface area contributed by atoms with Crippen LogP contribution in [0.4, 0.5) is 18.9 Å². The van der Waals surface area contributed by atoms with Crippen molar-refractivity contribution in [3.05, 3.63) is 88.7 Å². The lowest BCUT2D eigenvalue weighted by Crippen LogP contribution is -2.45. The van der Waals surface area contributed by atoms with Crippen molar-refractivity contribution >= 4 is 47.7 Å². The Morgan fingerprint density at radius 2 is 1.98 bits per heavy atom.